The predicted molar refractivity (Wildman–Crippen MR) is 39.9 cm³/mol. The molecule has 1 aliphatic rings. The maximum absolute atomic E-state index is 10.5. The van der Waals surface area contributed by atoms with Crippen LogP contribution >= 0.6 is 0 Å². The van der Waals surface area contributed by atoms with Crippen LogP contribution in [0.2, 0.25) is 0 Å². The topological polar surface area (TPSA) is 52.3 Å². The van der Waals surface area contributed by atoms with Gasteiger partial charge < -0.3 is 10.5 Å². The van der Waals surface area contributed by atoms with Gasteiger partial charge in [-0.25, -0.2) is 0 Å². The number of ether oxygens (including phenoxy) is 1. The average molecular weight is 153 g/mol. The molecule has 0 atom stereocenters. The van der Waals surface area contributed by atoms with E-state index < -0.39 is 0 Å². The molecule has 3 nitrogen and oxygen atoms in total. The zero-order chi connectivity index (χ0) is 6.69. The third kappa shape index (κ3) is 3.01. The number of rotatable bonds is 2. The van der Waals surface area contributed by atoms with Gasteiger partial charge >= 0.3 is 35.5 Å². The molecule has 10 heavy (non-hydrogen) atoms. The molecule has 0 aromatic rings. The molecule has 0 aromatic heterocycles. The van der Waals surface area contributed by atoms with Gasteiger partial charge in [-0.05, 0) is 19.3 Å². The Hall–Kier alpha value is 0.430. The van der Waals surface area contributed by atoms with Gasteiger partial charge in [-0.15, -0.1) is 0 Å². The molecular weight excluding hydrogens is 141 g/mol. The molecule has 4 heteroatoms. The van der Waals surface area contributed by atoms with Gasteiger partial charge in [0.15, 0.2) is 0 Å². The minimum absolute atomic E-state index is 0. The Morgan fingerprint density at radius 3 is 2.50 bits per heavy atom. The third-order valence-corrected chi connectivity index (χ3v) is 1.52. The second-order valence-corrected chi connectivity index (χ2v) is 2.25. The van der Waals surface area contributed by atoms with E-state index in [-0.39, 0.29) is 48.2 Å². The van der Waals surface area contributed by atoms with Gasteiger partial charge in [0.25, 0.3) is 0 Å². The second-order valence-electron chi connectivity index (χ2n) is 2.25. The van der Waals surface area contributed by atoms with Crippen molar-refractivity contribution >= 4 is 35.5 Å². The number of esters is 1. The first kappa shape index (κ1) is 10.4. The summed E-state index contributed by atoms with van der Waals surface area (Å²) in [7, 11) is 0. The van der Waals surface area contributed by atoms with Crippen molar-refractivity contribution in [2.45, 2.75) is 25.4 Å². The molecule has 0 unspecified atom stereocenters. The maximum atomic E-state index is 10.5. The molecule has 0 radical (unpaired) electrons. The van der Waals surface area contributed by atoms with Crippen molar-refractivity contribution in [2.24, 2.45) is 5.73 Å². The van der Waals surface area contributed by atoms with Crippen molar-refractivity contribution in [1.29, 1.82) is 0 Å². The first-order valence-corrected chi connectivity index (χ1v) is 3.22. The number of carbonyl (C=O) groups excluding carboxylic acids is 1. The molecule has 0 amide bonds. The fourth-order valence-corrected chi connectivity index (χ4v) is 0.723. The first-order valence-electron chi connectivity index (χ1n) is 3.22. The van der Waals surface area contributed by atoms with Crippen LogP contribution in [0.4, 0.5) is 0 Å². The summed E-state index contributed by atoms with van der Waals surface area (Å²) in [6.07, 6.45) is 3.40. The summed E-state index contributed by atoms with van der Waals surface area (Å²) in [6, 6.07) is 0. The monoisotopic (exact) mass is 153 g/mol. The fraction of sp³-hybridized carbons (Fsp3) is 0.833. The van der Waals surface area contributed by atoms with Gasteiger partial charge in [-0.1, -0.05) is 0 Å². The van der Waals surface area contributed by atoms with Crippen LogP contribution in [-0.2, 0) is 9.53 Å². The van der Waals surface area contributed by atoms with E-state index in [1.807, 2.05) is 0 Å². The summed E-state index contributed by atoms with van der Waals surface area (Å²) in [4.78, 5) is 10.5. The molecule has 0 saturated heterocycles. The normalized spacial score (nSPS) is 16.9. The van der Waals surface area contributed by atoms with E-state index in [0.717, 1.165) is 12.8 Å². The van der Waals surface area contributed by atoms with E-state index in [1.54, 1.807) is 0 Å². The van der Waals surface area contributed by atoms with Crippen molar-refractivity contribution in [2.75, 3.05) is 6.54 Å². The molecule has 1 rings (SSSR count). The predicted octanol–water partition coefficient (Wildman–Crippen LogP) is -0.608. The van der Waals surface area contributed by atoms with Crippen molar-refractivity contribution in [3.8, 4) is 0 Å². The van der Waals surface area contributed by atoms with Gasteiger partial charge in [0.2, 0.25) is 0 Å². The van der Waals surface area contributed by atoms with Crippen LogP contribution in [0.5, 0.6) is 0 Å². The number of nitrogens with two attached hydrogens (primary N) is 1. The zero-order valence-electron chi connectivity index (χ0n) is 5.30. The van der Waals surface area contributed by atoms with Gasteiger partial charge in [-0.2, -0.15) is 0 Å². The standard InChI is InChI=1S/C6H11NO2.Na.H/c7-4-6(8)9-5-2-1-3-5;;/h5H,1-4,7H2;;. The van der Waals surface area contributed by atoms with Crippen molar-refractivity contribution in [3.05, 3.63) is 0 Å². The Balaban J connectivity index is 0.000000810. The molecule has 0 heterocycles. The van der Waals surface area contributed by atoms with E-state index in [1.165, 1.54) is 6.42 Å². The van der Waals surface area contributed by atoms with Crippen LogP contribution in [0.25, 0.3) is 0 Å². The van der Waals surface area contributed by atoms with E-state index >= 15 is 0 Å². The van der Waals surface area contributed by atoms with E-state index in [2.05, 4.69) is 0 Å². The van der Waals surface area contributed by atoms with Gasteiger partial charge in [-0.3, -0.25) is 4.79 Å². The summed E-state index contributed by atoms with van der Waals surface area (Å²) in [6.45, 7) is 0.0104. The fourth-order valence-electron chi connectivity index (χ4n) is 0.723. The minimum atomic E-state index is -0.278. The van der Waals surface area contributed by atoms with Crippen LogP contribution in [-0.4, -0.2) is 48.2 Å². The van der Waals surface area contributed by atoms with Gasteiger partial charge in [0.1, 0.15) is 6.10 Å². The summed E-state index contributed by atoms with van der Waals surface area (Å²) < 4.78 is 4.87. The number of carbonyl (C=O) groups is 1. The summed E-state index contributed by atoms with van der Waals surface area (Å²) in [5.41, 5.74) is 5.02. The van der Waals surface area contributed by atoms with Gasteiger partial charge in [0, 0.05) is 0 Å². The Kier molecular flexibility index (Phi) is 5.35. The van der Waals surface area contributed by atoms with E-state index in [0.29, 0.717) is 0 Å². The van der Waals surface area contributed by atoms with Crippen molar-refractivity contribution in [1.82, 2.24) is 0 Å². The zero-order valence-corrected chi connectivity index (χ0v) is 5.30. The number of hydrogen-bond acceptors (Lipinski definition) is 3. The van der Waals surface area contributed by atoms with Crippen LogP contribution in [0.3, 0.4) is 0 Å². The van der Waals surface area contributed by atoms with Crippen molar-refractivity contribution in [3.63, 3.8) is 0 Å². The number of hydrogen-bond donors (Lipinski definition) is 1. The molecule has 54 valence electrons. The molecule has 0 bridgehead atoms. The Morgan fingerprint density at radius 2 is 2.20 bits per heavy atom. The van der Waals surface area contributed by atoms with Crippen molar-refractivity contribution < 1.29 is 9.53 Å². The van der Waals surface area contributed by atoms with Gasteiger partial charge in [0.05, 0.1) is 6.54 Å². The van der Waals surface area contributed by atoms with Crippen LogP contribution in [0.15, 0.2) is 0 Å². The SMILES string of the molecule is NCC(=O)OC1CCC1.[NaH]. The summed E-state index contributed by atoms with van der Waals surface area (Å²) in [5.74, 6) is -0.278. The second kappa shape index (κ2) is 5.13. The van der Waals surface area contributed by atoms with E-state index in [9.17, 15) is 4.79 Å². The van der Waals surface area contributed by atoms with E-state index in [4.69, 9.17) is 10.5 Å². The molecule has 0 spiro atoms. The molecule has 1 saturated carbocycles. The quantitative estimate of drug-likeness (QED) is 0.425. The molecule has 1 fully saturated rings. The Labute approximate surface area is 82.6 Å². The van der Waals surface area contributed by atoms with Crippen LogP contribution in [0.1, 0.15) is 19.3 Å². The molecule has 2 N–H and O–H groups in total. The van der Waals surface area contributed by atoms with Crippen LogP contribution < -0.4 is 5.73 Å². The first-order chi connectivity index (χ1) is 4.33. The molecular formula is C6H12NNaO2. The molecule has 1 aliphatic carbocycles. The summed E-state index contributed by atoms with van der Waals surface area (Å²) in [5, 5.41) is 0. The third-order valence-electron chi connectivity index (χ3n) is 1.52. The average Bonchev–Trinajstić information content (AvgIpc) is 1.78. The van der Waals surface area contributed by atoms with Crippen LogP contribution in [0, 0.1) is 0 Å². The molecule has 0 aromatic carbocycles. The molecule has 0 aliphatic heterocycles. The summed E-state index contributed by atoms with van der Waals surface area (Å²) >= 11 is 0. The Morgan fingerprint density at radius 1 is 1.60 bits per heavy atom. The Bertz CT molecular complexity index is 114.